The third kappa shape index (κ3) is 4.62. The van der Waals surface area contributed by atoms with Gasteiger partial charge in [0.2, 0.25) is 0 Å². The molecule has 2 aromatic rings. The predicted octanol–water partition coefficient (Wildman–Crippen LogP) is 4.25. The van der Waals surface area contributed by atoms with Gasteiger partial charge < -0.3 is 10.1 Å². The second-order valence-electron chi connectivity index (χ2n) is 6.95. The largest absolute Gasteiger partial charge is 0.481 e. The van der Waals surface area contributed by atoms with Gasteiger partial charge in [0.05, 0.1) is 0 Å². The van der Waals surface area contributed by atoms with E-state index in [4.69, 9.17) is 4.74 Å². The molecule has 0 spiro atoms. The Kier molecular flexibility index (Phi) is 5.75. The molecule has 0 heterocycles. The fourth-order valence-electron chi connectivity index (χ4n) is 3.34. The maximum absolute atomic E-state index is 12.3. The van der Waals surface area contributed by atoms with Gasteiger partial charge in [-0.2, -0.15) is 0 Å². The number of rotatable bonds is 6. The number of carbonyl (C=O) groups excluding carboxylic acids is 1. The van der Waals surface area contributed by atoms with Crippen LogP contribution in [0.1, 0.15) is 49.3 Å². The van der Waals surface area contributed by atoms with Crippen LogP contribution in [0.15, 0.2) is 48.5 Å². The molecular weight excluding hydrogens is 310 g/mol. The van der Waals surface area contributed by atoms with E-state index in [0.29, 0.717) is 6.54 Å². The molecule has 1 aliphatic carbocycles. The molecule has 0 radical (unpaired) electrons. The molecule has 2 atom stereocenters. The summed E-state index contributed by atoms with van der Waals surface area (Å²) in [4.78, 5) is 12.3. The second kappa shape index (κ2) is 8.19. The lowest BCUT2D eigenvalue weighted by Crippen LogP contribution is -2.38. The Morgan fingerprint density at radius 1 is 1.04 bits per heavy atom. The third-order valence-corrected chi connectivity index (χ3v) is 4.95. The van der Waals surface area contributed by atoms with Crippen LogP contribution in [0, 0.1) is 0 Å². The molecule has 3 rings (SSSR count). The number of fused-ring (bicyclic) bond motifs is 1. The van der Waals surface area contributed by atoms with Crippen LogP contribution < -0.4 is 10.1 Å². The van der Waals surface area contributed by atoms with E-state index < -0.39 is 6.10 Å². The smallest absolute Gasteiger partial charge is 0.260 e. The summed E-state index contributed by atoms with van der Waals surface area (Å²) in [7, 11) is 0. The first-order valence-corrected chi connectivity index (χ1v) is 9.24. The van der Waals surface area contributed by atoms with E-state index >= 15 is 0 Å². The van der Waals surface area contributed by atoms with E-state index in [9.17, 15) is 4.79 Å². The zero-order valence-corrected chi connectivity index (χ0v) is 15.1. The van der Waals surface area contributed by atoms with Gasteiger partial charge >= 0.3 is 0 Å². The molecule has 1 amide bonds. The maximum Gasteiger partial charge on any atom is 0.260 e. The van der Waals surface area contributed by atoms with Gasteiger partial charge in [-0.3, -0.25) is 4.79 Å². The van der Waals surface area contributed by atoms with Gasteiger partial charge in [-0.1, -0.05) is 43.3 Å². The van der Waals surface area contributed by atoms with Gasteiger partial charge in [-0.05, 0) is 67.3 Å². The van der Waals surface area contributed by atoms with Crippen LogP contribution in [-0.4, -0.2) is 18.6 Å². The lowest BCUT2D eigenvalue weighted by molar-refractivity contribution is -0.127. The lowest BCUT2D eigenvalue weighted by Gasteiger charge is -2.20. The fourth-order valence-corrected chi connectivity index (χ4v) is 3.34. The first kappa shape index (κ1) is 17.5. The van der Waals surface area contributed by atoms with Gasteiger partial charge in [-0.25, -0.2) is 0 Å². The molecule has 25 heavy (non-hydrogen) atoms. The average molecular weight is 337 g/mol. The van der Waals surface area contributed by atoms with E-state index in [0.717, 1.165) is 18.6 Å². The summed E-state index contributed by atoms with van der Waals surface area (Å²) in [5, 5.41) is 3.00. The standard InChI is InChI=1S/C22H27NO2/c1-16(18-8-4-3-5-9-18)15-23-22(24)17(2)25-21-13-12-19-10-6-7-11-20(19)14-21/h3-5,8-9,12-14,16-17H,6-7,10-11,15H2,1-2H3,(H,23,24)/t16-,17+/m0/s1. The molecule has 0 aliphatic heterocycles. The van der Waals surface area contributed by atoms with Crippen molar-refractivity contribution in [3.63, 3.8) is 0 Å². The van der Waals surface area contributed by atoms with Crippen LogP contribution >= 0.6 is 0 Å². The van der Waals surface area contributed by atoms with E-state index in [1.54, 1.807) is 0 Å². The number of carbonyl (C=O) groups is 1. The minimum atomic E-state index is -0.496. The number of ether oxygens (including phenoxy) is 1. The Balaban J connectivity index is 1.52. The maximum atomic E-state index is 12.3. The molecule has 3 nitrogen and oxygen atoms in total. The summed E-state index contributed by atoms with van der Waals surface area (Å²) in [6.45, 7) is 4.54. The van der Waals surface area contributed by atoms with Crippen molar-refractivity contribution in [1.82, 2.24) is 5.32 Å². The Bertz CT molecular complexity index is 711. The molecule has 0 saturated heterocycles. The molecule has 1 N–H and O–H groups in total. The summed E-state index contributed by atoms with van der Waals surface area (Å²) in [5.41, 5.74) is 4.02. The molecule has 0 saturated carbocycles. The van der Waals surface area contributed by atoms with Crippen LogP contribution in [0.2, 0.25) is 0 Å². The van der Waals surface area contributed by atoms with Gasteiger partial charge in [-0.15, -0.1) is 0 Å². The van der Waals surface area contributed by atoms with Crippen molar-refractivity contribution in [2.75, 3.05) is 6.54 Å². The zero-order valence-electron chi connectivity index (χ0n) is 15.1. The van der Waals surface area contributed by atoms with E-state index in [1.807, 2.05) is 31.2 Å². The average Bonchev–Trinajstić information content (AvgIpc) is 2.66. The van der Waals surface area contributed by atoms with Crippen molar-refractivity contribution in [2.24, 2.45) is 0 Å². The number of hydrogen-bond acceptors (Lipinski definition) is 2. The van der Waals surface area contributed by atoms with Crippen LogP contribution in [0.4, 0.5) is 0 Å². The number of nitrogens with one attached hydrogen (secondary N) is 1. The number of amides is 1. The predicted molar refractivity (Wildman–Crippen MR) is 101 cm³/mol. The molecular formula is C22H27NO2. The quantitative estimate of drug-likeness (QED) is 0.855. The summed E-state index contributed by atoms with van der Waals surface area (Å²) >= 11 is 0. The van der Waals surface area contributed by atoms with Crippen molar-refractivity contribution in [3.05, 3.63) is 65.2 Å². The van der Waals surface area contributed by atoms with E-state index in [2.05, 4.69) is 36.5 Å². The van der Waals surface area contributed by atoms with Crippen molar-refractivity contribution in [3.8, 4) is 5.75 Å². The highest BCUT2D eigenvalue weighted by Crippen LogP contribution is 2.25. The van der Waals surface area contributed by atoms with Crippen molar-refractivity contribution in [2.45, 2.75) is 51.6 Å². The molecule has 0 unspecified atom stereocenters. The normalized spacial score (nSPS) is 15.8. The highest BCUT2D eigenvalue weighted by molar-refractivity contribution is 5.80. The van der Waals surface area contributed by atoms with Crippen LogP contribution in [-0.2, 0) is 17.6 Å². The monoisotopic (exact) mass is 337 g/mol. The van der Waals surface area contributed by atoms with Gasteiger partial charge in [0, 0.05) is 6.54 Å². The highest BCUT2D eigenvalue weighted by Gasteiger charge is 2.17. The zero-order chi connectivity index (χ0) is 17.6. The van der Waals surface area contributed by atoms with Crippen LogP contribution in [0.3, 0.4) is 0 Å². The molecule has 132 valence electrons. The first-order chi connectivity index (χ1) is 12.1. The summed E-state index contributed by atoms with van der Waals surface area (Å²) in [6, 6.07) is 16.5. The fraction of sp³-hybridized carbons (Fsp3) is 0.409. The molecule has 0 fully saturated rings. The summed E-state index contributed by atoms with van der Waals surface area (Å²) in [6.07, 6.45) is 4.28. The minimum Gasteiger partial charge on any atom is -0.481 e. The molecule has 0 bridgehead atoms. The van der Waals surface area contributed by atoms with Gasteiger partial charge in [0.1, 0.15) is 5.75 Å². The van der Waals surface area contributed by atoms with E-state index in [-0.39, 0.29) is 11.8 Å². The lowest BCUT2D eigenvalue weighted by atomic mass is 9.92. The molecule has 2 aromatic carbocycles. The van der Waals surface area contributed by atoms with Crippen LogP contribution in [0.5, 0.6) is 5.75 Å². The summed E-state index contributed by atoms with van der Waals surface area (Å²) in [5.74, 6) is 1.00. The Hall–Kier alpha value is -2.29. The van der Waals surface area contributed by atoms with Crippen LogP contribution in [0.25, 0.3) is 0 Å². The van der Waals surface area contributed by atoms with Crippen molar-refractivity contribution < 1.29 is 9.53 Å². The van der Waals surface area contributed by atoms with Gasteiger partial charge in [0.25, 0.3) is 5.91 Å². The SMILES string of the molecule is C[C@@H](Oc1ccc2c(c1)CCCC2)C(=O)NC[C@H](C)c1ccccc1. The minimum absolute atomic E-state index is 0.0690. The number of aryl methyl sites for hydroxylation is 2. The third-order valence-electron chi connectivity index (χ3n) is 4.95. The Morgan fingerprint density at radius 3 is 2.52 bits per heavy atom. The molecule has 1 aliphatic rings. The number of benzene rings is 2. The molecule has 3 heteroatoms. The Labute approximate surface area is 150 Å². The summed E-state index contributed by atoms with van der Waals surface area (Å²) < 4.78 is 5.87. The first-order valence-electron chi connectivity index (χ1n) is 9.24. The topological polar surface area (TPSA) is 38.3 Å². The second-order valence-corrected chi connectivity index (χ2v) is 6.95. The highest BCUT2D eigenvalue weighted by atomic mass is 16.5. The van der Waals surface area contributed by atoms with Crippen molar-refractivity contribution >= 4 is 5.91 Å². The van der Waals surface area contributed by atoms with Gasteiger partial charge in [0.15, 0.2) is 6.10 Å². The number of hydrogen-bond donors (Lipinski definition) is 1. The van der Waals surface area contributed by atoms with Crippen molar-refractivity contribution in [1.29, 1.82) is 0 Å². The van der Waals surface area contributed by atoms with E-state index in [1.165, 1.54) is 29.5 Å². The Morgan fingerprint density at radius 2 is 1.76 bits per heavy atom. The molecule has 0 aromatic heterocycles.